The van der Waals surface area contributed by atoms with Gasteiger partial charge in [0.25, 0.3) is 0 Å². The van der Waals surface area contributed by atoms with Crippen LogP contribution in [0.15, 0.2) is 65.7 Å². The molecule has 0 bridgehead atoms. The summed E-state index contributed by atoms with van der Waals surface area (Å²) >= 11 is 0. The van der Waals surface area contributed by atoms with E-state index in [2.05, 4.69) is 17.1 Å². The molecule has 0 aliphatic rings. The third kappa shape index (κ3) is 3.82. The quantitative estimate of drug-likeness (QED) is 0.799. The number of hydrogen-bond donors (Lipinski definition) is 1. The number of hydrogen-bond acceptors (Lipinski definition) is 2. The van der Waals surface area contributed by atoms with Crippen molar-refractivity contribution in [2.75, 3.05) is 6.61 Å². The van der Waals surface area contributed by atoms with Gasteiger partial charge in [0.05, 0.1) is 12.6 Å². The van der Waals surface area contributed by atoms with E-state index in [-0.39, 0.29) is 12.6 Å². The van der Waals surface area contributed by atoms with Crippen LogP contribution in [0.25, 0.3) is 0 Å². The molecular formula is C16H17NO. The van der Waals surface area contributed by atoms with E-state index in [4.69, 9.17) is 0 Å². The molecule has 0 aliphatic carbocycles. The summed E-state index contributed by atoms with van der Waals surface area (Å²) in [6.45, 7) is 0.0677. The number of aliphatic imine (C=N–C) groups is 1. The third-order valence-corrected chi connectivity index (χ3v) is 2.76. The highest BCUT2D eigenvalue weighted by Crippen LogP contribution is 2.06. The average Bonchev–Trinajstić information content (AvgIpc) is 2.45. The van der Waals surface area contributed by atoms with Crippen molar-refractivity contribution in [2.24, 2.45) is 4.99 Å². The monoisotopic (exact) mass is 239 g/mol. The molecule has 0 fully saturated rings. The van der Waals surface area contributed by atoms with Crippen molar-refractivity contribution in [2.45, 2.75) is 12.5 Å². The molecule has 0 unspecified atom stereocenters. The number of aliphatic hydroxyl groups excluding tert-OH is 1. The number of nitrogens with zero attached hydrogens (tertiary/aromatic N) is 1. The van der Waals surface area contributed by atoms with Gasteiger partial charge in [0.2, 0.25) is 0 Å². The summed E-state index contributed by atoms with van der Waals surface area (Å²) in [5, 5.41) is 9.35. The predicted molar refractivity (Wildman–Crippen MR) is 75.1 cm³/mol. The molecule has 0 saturated heterocycles. The lowest BCUT2D eigenvalue weighted by Gasteiger charge is -2.08. The van der Waals surface area contributed by atoms with Gasteiger partial charge in [0, 0.05) is 6.21 Å². The van der Waals surface area contributed by atoms with Crippen molar-refractivity contribution in [1.82, 2.24) is 0 Å². The highest BCUT2D eigenvalue weighted by molar-refractivity contribution is 5.79. The van der Waals surface area contributed by atoms with Crippen molar-refractivity contribution < 1.29 is 5.11 Å². The minimum Gasteiger partial charge on any atom is -0.394 e. The topological polar surface area (TPSA) is 32.6 Å². The molecule has 92 valence electrons. The molecule has 0 aliphatic heterocycles. The van der Waals surface area contributed by atoms with Crippen LogP contribution >= 0.6 is 0 Å². The molecule has 1 N–H and O–H groups in total. The first-order valence-corrected chi connectivity index (χ1v) is 6.11. The van der Waals surface area contributed by atoms with Gasteiger partial charge in [-0.15, -0.1) is 0 Å². The van der Waals surface area contributed by atoms with Crippen molar-refractivity contribution in [3.63, 3.8) is 0 Å². The second kappa shape index (κ2) is 6.72. The number of rotatable bonds is 5. The molecule has 0 aromatic heterocycles. The molecule has 2 aromatic carbocycles. The fourth-order valence-electron chi connectivity index (χ4n) is 1.78. The first kappa shape index (κ1) is 12.5. The van der Waals surface area contributed by atoms with Crippen LogP contribution < -0.4 is 0 Å². The van der Waals surface area contributed by atoms with Crippen molar-refractivity contribution in [3.8, 4) is 0 Å². The molecule has 18 heavy (non-hydrogen) atoms. The lowest BCUT2D eigenvalue weighted by molar-refractivity contribution is 0.266. The van der Waals surface area contributed by atoms with E-state index in [9.17, 15) is 5.11 Å². The van der Waals surface area contributed by atoms with Gasteiger partial charge in [0.15, 0.2) is 0 Å². The third-order valence-electron chi connectivity index (χ3n) is 2.76. The van der Waals surface area contributed by atoms with E-state index in [1.807, 2.05) is 54.7 Å². The minimum absolute atomic E-state index is 0.0677. The summed E-state index contributed by atoms with van der Waals surface area (Å²) in [6.07, 6.45) is 2.59. The molecule has 2 heteroatoms. The molecule has 2 rings (SSSR count). The maximum absolute atomic E-state index is 9.35. The van der Waals surface area contributed by atoms with Gasteiger partial charge in [-0.25, -0.2) is 0 Å². The maximum atomic E-state index is 9.35. The molecule has 0 radical (unpaired) electrons. The molecule has 0 amide bonds. The van der Waals surface area contributed by atoms with Crippen LogP contribution in [-0.4, -0.2) is 24.0 Å². The Hall–Kier alpha value is -1.93. The Morgan fingerprint density at radius 2 is 1.56 bits per heavy atom. The van der Waals surface area contributed by atoms with Crippen molar-refractivity contribution >= 4 is 6.21 Å². The lowest BCUT2D eigenvalue weighted by atomic mass is 10.1. The van der Waals surface area contributed by atoms with Gasteiger partial charge in [-0.3, -0.25) is 4.99 Å². The Balaban J connectivity index is 2.00. The second-order valence-corrected chi connectivity index (χ2v) is 4.21. The Kier molecular flexibility index (Phi) is 4.68. The normalized spacial score (nSPS) is 12.7. The Labute approximate surface area is 108 Å². The van der Waals surface area contributed by atoms with Crippen molar-refractivity contribution in [1.29, 1.82) is 0 Å². The maximum Gasteiger partial charge on any atom is 0.0770 e. The molecule has 0 saturated carbocycles. The van der Waals surface area contributed by atoms with Crippen LogP contribution in [0.1, 0.15) is 11.1 Å². The highest BCUT2D eigenvalue weighted by atomic mass is 16.3. The number of benzene rings is 2. The molecule has 2 nitrogen and oxygen atoms in total. The van der Waals surface area contributed by atoms with Crippen LogP contribution in [-0.2, 0) is 6.42 Å². The zero-order chi connectivity index (χ0) is 12.6. The van der Waals surface area contributed by atoms with Crippen LogP contribution in [0.4, 0.5) is 0 Å². The summed E-state index contributed by atoms with van der Waals surface area (Å²) in [5.74, 6) is 0. The van der Waals surface area contributed by atoms with E-state index in [0.29, 0.717) is 0 Å². The molecule has 0 heterocycles. The Bertz CT molecular complexity index is 479. The highest BCUT2D eigenvalue weighted by Gasteiger charge is 2.05. The van der Waals surface area contributed by atoms with Crippen molar-refractivity contribution in [3.05, 3.63) is 71.8 Å². The molecule has 2 aromatic rings. The van der Waals surface area contributed by atoms with E-state index in [1.165, 1.54) is 5.56 Å². The van der Waals surface area contributed by atoms with E-state index >= 15 is 0 Å². The second-order valence-electron chi connectivity index (χ2n) is 4.21. The largest absolute Gasteiger partial charge is 0.394 e. The van der Waals surface area contributed by atoms with Crippen LogP contribution in [0.3, 0.4) is 0 Å². The zero-order valence-electron chi connectivity index (χ0n) is 10.2. The number of aliphatic hydroxyl groups is 1. The van der Waals surface area contributed by atoms with Gasteiger partial charge in [-0.2, -0.15) is 0 Å². The summed E-state index contributed by atoms with van der Waals surface area (Å²) in [7, 11) is 0. The summed E-state index contributed by atoms with van der Waals surface area (Å²) in [5.41, 5.74) is 2.26. The molecule has 1 atom stereocenters. The Morgan fingerprint density at radius 1 is 0.944 bits per heavy atom. The first-order valence-electron chi connectivity index (χ1n) is 6.11. The van der Waals surface area contributed by atoms with Gasteiger partial charge in [-0.05, 0) is 17.5 Å². The van der Waals surface area contributed by atoms with Gasteiger partial charge >= 0.3 is 0 Å². The molecular weight excluding hydrogens is 222 g/mol. The van der Waals surface area contributed by atoms with Crippen LogP contribution in [0.2, 0.25) is 0 Å². The summed E-state index contributed by atoms with van der Waals surface area (Å²) < 4.78 is 0. The fourth-order valence-corrected chi connectivity index (χ4v) is 1.78. The average molecular weight is 239 g/mol. The predicted octanol–water partition coefficient (Wildman–Crippen LogP) is 2.71. The smallest absolute Gasteiger partial charge is 0.0770 e. The summed E-state index contributed by atoms with van der Waals surface area (Å²) in [6, 6.07) is 20.0. The minimum atomic E-state index is -0.0763. The molecule has 0 spiro atoms. The van der Waals surface area contributed by atoms with E-state index in [0.717, 1.165) is 12.0 Å². The van der Waals surface area contributed by atoms with E-state index in [1.54, 1.807) is 0 Å². The van der Waals surface area contributed by atoms with E-state index < -0.39 is 0 Å². The lowest BCUT2D eigenvalue weighted by Crippen LogP contribution is -2.14. The van der Waals surface area contributed by atoms with Gasteiger partial charge in [-0.1, -0.05) is 60.7 Å². The SMILES string of the molecule is OC[C@H](Cc1ccccc1)N=Cc1ccccc1. The fraction of sp³-hybridized carbons (Fsp3) is 0.188. The zero-order valence-corrected chi connectivity index (χ0v) is 10.2. The first-order chi connectivity index (χ1) is 8.88. The summed E-state index contributed by atoms with van der Waals surface area (Å²) in [4.78, 5) is 4.43. The van der Waals surface area contributed by atoms with Gasteiger partial charge < -0.3 is 5.11 Å². The standard InChI is InChI=1S/C16H17NO/c18-13-16(11-14-7-3-1-4-8-14)17-12-15-9-5-2-6-10-15/h1-10,12,16,18H,11,13H2/t16-/m0/s1. The Morgan fingerprint density at radius 3 is 2.17 bits per heavy atom. The van der Waals surface area contributed by atoms with Gasteiger partial charge in [0.1, 0.15) is 0 Å². The van der Waals surface area contributed by atoms with Crippen LogP contribution in [0, 0.1) is 0 Å². The van der Waals surface area contributed by atoms with Crippen LogP contribution in [0.5, 0.6) is 0 Å².